The van der Waals surface area contributed by atoms with Crippen LogP contribution < -0.4 is 10.6 Å². The first-order chi connectivity index (χ1) is 6.00. The largest absolute Gasteiger partial charge is 0.352 e. The van der Waals surface area contributed by atoms with Crippen molar-refractivity contribution in [2.45, 2.75) is 39.7 Å². The van der Waals surface area contributed by atoms with E-state index in [9.17, 15) is 4.79 Å². The van der Waals surface area contributed by atoms with E-state index in [0.29, 0.717) is 6.04 Å². The number of quaternary nitrogens is 1. The molecule has 1 fully saturated rings. The van der Waals surface area contributed by atoms with Crippen LogP contribution in [0.4, 0.5) is 0 Å². The second-order valence-electron chi connectivity index (χ2n) is 4.86. The van der Waals surface area contributed by atoms with Crippen LogP contribution in [-0.2, 0) is 4.79 Å². The van der Waals surface area contributed by atoms with E-state index in [2.05, 4.69) is 10.6 Å². The zero-order chi connectivity index (χ0) is 9.90. The lowest BCUT2D eigenvalue weighted by Crippen LogP contribution is -2.87. The molecule has 0 atom stereocenters. The van der Waals surface area contributed by atoms with Gasteiger partial charge >= 0.3 is 0 Å². The van der Waals surface area contributed by atoms with Crippen molar-refractivity contribution in [3.63, 3.8) is 0 Å². The van der Waals surface area contributed by atoms with E-state index in [1.165, 1.54) is 0 Å². The molecule has 0 radical (unpaired) electrons. The number of nitrogens with one attached hydrogen (secondary N) is 1. The molecule has 0 aromatic carbocycles. The Hall–Kier alpha value is -0.570. The van der Waals surface area contributed by atoms with Gasteiger partial charge in [0, 0.05) is 24.3 Å². The van der Waals surface area contributed by atoms with Gasteiger partial charge in [0.25, 0.3) is 0 Å². The van der Waals surface area contributed by atoms with Gasteiger partial charge in [-0.3, -0.25) is 4.79 Å². The van der Waals surface area contributed by atoms with Crippen LogP contribution >= 0.6 is 0 Å². The van der Waals surface area contributed by atoms with E-state index in [4.69, 9.17) is 0 Å². The van der Waals surface area contributed by atoms with Gasteiger partial charge in [-0.15, -0.1) is 0 Å². The van der Waals surface area contributed by atoms with Gasteiger partial charge in [0.05, 0.1) is 13.1 Å². The quantitative estimate of drug-likeness (QED) is 0.587. The van der Waals surface area contributed by atoms with Crippen molar-refractivity contribution in [2.75, 3.05) is 13.1 Å². The van der Waals surface area contributed by atoms with Gasteiger partial charge in [0.1, 0.15) is 0 Å². The van der Waals surface area contributed by atoms with E-state index >= 15 is 0 Å². The Bertz CT molecular complexity index is 178. The molecule has 1 saturated heterocycles. The molecule has 1 aliphatic heterocycles. The molecular weight excluding hydrogens is 164 g/mol. The fourth-order valence-electron chi connectivity index (χ4n) is 1.47. The zero-order valence-corrected chi connectivity index (χ0v) is 8.89. The highest BCUT2D eigenvalue weighted by Gasteiger charge is 2.25. The Kier molecular flexibility index (Phi) is 3.31. The standard InChI is InChI=1S/C10H20N2O/c1-10(2,3)9(13)12-8-4-6-11-7-5-8/h8,11H,4-7H2,1-3H3,(H,12,13)/p+1. The average Bonchev–Trinajstić information content (AvgIpc) is 2.04. The maximum Gasteiger partial charge on any atom is 0.225 e. The second kappa shape index (κ2) is 4.09. The van der Waals surface area contributed by atoms with Crippen LogP contribution in [0.15, 0.2) is 0 Å². The normalized spacial score (nSPS) is 19.9. The molecule has 1 aliphatic rings. The molecule has 1 amide bonds. The number of hydrogen-bond acceptors (Lipinski definition) is 1. The van der Waals surface area contributed by atoms with Gasteiger partial charge in [-0.25, -0.2) is 0 Å². The first-order valence-corrected chi connectivity index (χ1v) is 5.13. The molecule has 1 heterocycles. The smallest absolute Gasteiger partial charge is 0.225 e. The molecule has 0 aromatic heterocycles. The molecule has 3 N–H and O–H groups in total. The van der Waals surface area contributed by atoms with Crippen LogP contribution in [0.5, 0.6) is 0 Å². The van der Waals surface area contributed by atoms with Crippen LogP contribution in [0.3, 0.4) is 0 Å². The van der Waals surface area contributed by atoms with E-state index in [1.807, 2.05) is 20.8 Å². The van der Waals surface area contributed by atoms with Crippen molar-refractivity contribution in [3.8, 4) is 0 Å². The van der Waals surface area contributed by atoms with Crippen molar-refractivity contribution < 1.29 is 10.1 Å². The summed E-state index contributed by atoms with van der Waals surface area (Å²) in [6, 6.07) is 0.414. The molecule has 0 unspecified atom stereocenters. The highest BCUT2D eigenvalue weighted by atomic mass is 16.2. The van der Waals surface area contributed by atoms with Gasteiger partial charge in [-0.2, -0.15) is 0 Å². The van der Waals surface area contributed by atoms with Crippen molar-refractivity contribution in [2.24, 2.45) is 5.41 Å². The Morgan fingerprint density at radius 1 is 1.31 bits per heavy atom. The fourth-order valence-corrected chi connectivity index (χ4v) is 1.47. The molecule has 0 bridgehead atoms. The van der Waals surface area contributed by atoms with Crippen molar-refractivity contribution in [3.05, 3.63) is 0 Å². The summed E-state index contributed by atoms with van der Waals surface area (Å²) < 4.78 is 0. The summed E-state index contributed by atoms with van der Waals surface area (Å²) >= 11 is 0. The Morgan fingerprint density at radius 3 is 2.31 bits per heavy atom. The van der Waals surface area contributed by atoms with Crippen LogP contribution in [0, 0.1) is 5.41 Å². The van der Waals surface area contributed by atoms with Crippen molar-refractivity contribution >= 4 is 5.91 Å². The molecule has 3 nitrogen and oxygen atoms in total. The van der Waals surface area contributed by atoms with Gasteiger partial charge in [-0.1, -0.05) is 20.8 Å². The van der Waals surface area contributed by atoms with E-state index in [0.717, 1.165) is 25.9 Å². The van der Waals surface area contributed by atoms with Crippen LogP contribution in [0.2, 0.25) is 0 Å². The third-order valence-corrected chi connectivity index (χ3v) is 2.45. The molecule has 0 saturated carbocycles. The van der Waals surface area contributed by atoms with Crippen LogP contribution in [0.1, 0.15) is 33.6 Å². The van der Waals surface area contributed by atoms with Gasteiger partial charge < -0.3 is 10.6 Å². The third kappa shape index (κ3) is 3.35. The zero-order valence-electron chi connectivity index (χ0n) is 8.89. The van der Waals surface area contributed by atoms with Gasteiger partial charge in [0.2, 0.25) is 5.91 Å². The predicted molar refractivity (Wildman–Crippen MR) is 52.3 cm³/mol. The molecule has 13 heavy (non-hydrogen) atoms. The Labute approximate surface area is 80.3 Å². The first-order valence-electron chi connectivity index (χ1n) is 5.13. The summed E-state index contributed by atoms with van der Waals surface area (Å²) in [5, 5.41) is 5.41. The minimum Gasteiger partial charge on any atom is -0.352 e. The van der Waals surface area contributed by atoms with Crippen molar-refractivity contribution in [1.29, 1.82) is 0 Å². The van der Waals surface area contributed by atoms with E-state index in [1.54, 1.807) is 0 Å². The lowest BCUT2D eigenvalue weighted by molar-refractivity contribution is -0.663. The second-order valence-corrected chi connectivity index (χ2v) is 4.86. The van der Waals surface area contributed by atoms with Gasteiger partial charge in [-0.05, 0) is 0 Å². The lowest BCUT2D eigenvalue weighted by atomic mass is 9.94. The number of hydrogen-bond donors (Lipinski definition) is 2. The molecule has 0 aromatic rings. The topological polar surface area (TPSA) is 45.7 Å². The molecular formula is C10H21N2O+. The Morgan fingerprint density at radius 2 is 1.85 bits per heavy atom. The maximum absolute atomic E-state index is 11.6. The van der Waals surface area contributed by atoms with E-state index in [-0.39, 0.29) is 11.3 Å². The summed E-state index contributed by atoms with van der Waals surface area (Å²) in [4.78, 5) is 11.6. The summed E-state index contributed by atoms with van der Waals surface area (Å²) in [6.45, 7) is 8.16. The number of piperidine rings is 1. The van der Waals surface area contributed by atoms with Crippen LogP contribution in [-0.4, -0.2) is 25.0 Å². The minimum absolute atomic E-state index is 0.180. The summed E-state index contributed by atoms with van der Waals surface area (Å²) in [5.74, 6) is 0.180. The molecule has 3 heteroatoms. The van der Waals surface area contributed by atoms with Crippen molar-refractivity contribution in [1.82, 2.24) is 5.32 Å². The average molecular weight is 185 g/mol. The number of carbonyl (C=O) groups is 1. The number of amides is 1. The number of nitrogens with two attached hydrogens (primary N) is 1. The van der Waals surface area contributed by atoms with Crippen LogP contribution in [0.25, 0.3) is 0 Å². The lowest BCUT2D eigenvalue weighted by Gasteiger charge is -2.26. The molecule has 0 spiro atoms. The summed E-state index contributed by atoms with van der Waals surface area (Å²) in [5.41, 5.74) is -0.249. The Balaban J connectivity index is 2.35. The fraction of sp³-hybridized carbons (Fsp3) is 0.900. The third-order valence-electron chi connectivity index (χ3n) is 2.45. The highest BCUT2D eigenvalue weighted by Crippen LogP contribution is 2.13. The highest BCUT2D eigenvalue weighted by molar-refractivity contribution is 5.81. The number of carbonyl (C=O) groups excluding carboxylic acids is 1. The summed E-state index contributed by atoms with van der Waals surface area (Å²) in [7, 11) is 0. The monoisotopic (exact) mass is 185 g/mol. The van der Waals surface area contributed by atoms with Gasteiger partial charge in [0.15, 0.2) is 0 Å². The molecule has 76 valence electrons. The predicted octanol–water partition coefficient (Wildman–Crippen LogP) is -0.125. The maximum atomic E-state index is 11.6. The number of rotatable bonds is 1. The SMILES string of the molecule is CC(C)(C)C(=O)NC1CC[NH2+]CC1. The minimum atomic E-state index is -0.249. The summed E-state index contributed by atoms with van der Waals surface area (Å²) in [6.07, 6.45) is 2.23. The first kappa shape index (κ1) is 10.5. The molecule has 1 rings (SSSR count). The molecule has 0 aliphatic carbocycles. The van der Waals surface area contributed by atoms with E-state index < -0.39 is 0 Å².